The number of hydrogen-bond acceptors (Lipinski definition) is 6. The second-order valence-corrected chi connectivity index (χ2v) is 11.5. The number of thioether (sulfide) groups is 1. The van der Waals surface area contributed by atoms with Crippen LogP contribution in [0.5, 0.6) is 0 Å². The highest BCUT2D eigenvalue weighted by Gasteiger charge is 2.58. The van der Waals surface area contributed by atoms with Crippen molar-refractivity contribution < 1.29 is 18.0 Å². The molecular weight excluding hydrogens is 414 g/mol. The van der Waals surface area contributed by atoms with E-state index in [1.54, 1.807) is 47.4 Å². The van der Waals surface area contributed by atoms with Gasteiger partial charge in [0.2, 0.25) is 0 Å². The molecule has 2 saturated heterocycles. The third-order valence-electron chi connectivity index (χ3n) is 5.72. The second-order valence-electron chi connectivity index (χ2n) is 7.52. The lowest BCUT2D eigenvalue weighted by Crippen LogP contribution is -2.50. The smallest absolute Gasteiger partial charge is 0.196 e. The van der Waals surface area contributed by atoms with Crippen LogP contribution >= 0.6 is 24.0 Å². The van der Waals surface area contributed by atoms with E-state index in [1.165, 1.54) is 11.8 Å². The van der Waals surface area contributed by atoms with E-state index in [4.69, 9.17) is 12.2 Å². The monoisotopic (exact) mass is 429 g/mol. The minimum absolute atomic E-state index is 0.0276. The van der Waals surface area contributed by atoms with Crippen LogP contribution in [0.15, 0.2) is 42.5 Å². The first-order valence-corrected chi connectivity index (χ1v) is 11.9. The van der Waals surface area contributed by atoms with Gasteiger partial charge in [-0.1, -0.05) is 60.4 Å². The zero-order chi connectivity index (χ0) is 19.8. The predicted octanol–water partition coefficient (Wildman–Crippen LogP) is 2.86. The van der Waals surface area contributed by atoms with Gasteiger partial charge in [0.1, 0.15) is 4.32 Å². The Morgan fingerprint density at radius 1 is 1.04 bits per heavy atom. The van der Waals surface area contributed by atoms with Crippen molar-refractivity contribution in [3.63, 3.8) is 0 Å². The highest BCUT2D eigenvalue weighted by Crippen LogP contribution is 2.49. The highest BCUT2D eigenvalue weighted by molar-refractivity contribution is 8.24. The molecule has 8 heteroatoms. The van der Waals surface area contributed by atoms with E-state index < -0.39 is 15.4 Å². The number of anilines is 1. The molecule has 28 heavy (non-hydrogen) atoms. The molecule has 3 aliphatic rings. The molecule has 0 radical (unpaired) electrons. The van der Waals surface area contributed by atoms with Crippen LogP contribution in [0.4, 0.5) is 5.69 Å². The lowest BCUT2D eigenvalue weighted by atomic mass is 9.82. The van der Waals surface area contributed by atoms with Crippen LogP contribution < -0.4 is 4.90 Å². The molecule has 1 aliphatic carbocycles. The third-order valence-corrected chi connectivity index (χ3v) is 9.61. The van der Waals surface area contributed by atoms with Gasteiger partial charge in [0.05, 0.1) is 33.5 Å². The first-order chi connectivity index (χ1) is 13.2. The maximum atomic E-state index is 13.3. The van der Waals surface area contributed by atoms with Crippen molar-refractivity contribution in [3.05, 3.63) is 64.7 Å². The fourth-order valence-electron chi connectivity index (χ4n) is 4.45. The molecular formula is C20H15NO4S3. The number of thiocarbonyl (C=S) groups is 1. The van der Waals surface area contributed by atoms with Gasteiger partial charge in [-0.05, 0) is 13.0 Å². The van der Waals surface area contributed by atoms with Crippen molar-refractivity contribution >= 4 is 55.4 Å². The number of fused-ring (bicyclic) bond motifs is 3. The molecule has 0 amide bonds. The minimum Gasteiger partial charge on any atom is -0.318 e. The van der Waals surface area contributed by atoms with Crippen molar-refractivity contribution in [2.75, 3.05) is 16.4 Å². The maximum absolute atomic E-state index is 13.3. The van der Waals surface area contributed by atoms with Crippen LogP contribution in [0.2, 0.25) is 0 Å². The number of sulfone groups is 1. The van der Waals surface area contributed by atoms with Crippen LogP contribution in [-0.2, 0) is 9.84 Å². The Morgan fingerprint density at radius 2 is 1.68 bits per heavy atom. The van der Waals surface area contributed by atoms with Crippen LogP contribution in [0.3, 0.4) is 0 Å². The van der Waals surface area contributed by atoms with Gasteiger partial charge in [-0.25, -0.2) is 8.42 Å². The summed E-state index contributed by atoms with van der Waals surface area (Å²) >= 11 is 6.93. The number of rotatable bonds is 1. The second kappa shape index (κ2) is 5.75. The van der Waals surface area contributed by atoms with Crippen LogP contribution in [0, 0.1) is 0 Å². The van der Waals surface area contributed by atoms with E-state index in [0.717, 1.165) is 0 Å². The number of carbonyl (C=O) groups excluding carboxylic acids is 2. The van der Waals surface area contributed by atoms with Gasteiger partial charge in [0, 0.05) is 16.7 Å². The zero-order valence-electron chi connectivity index (χ0n) is 14.8. The highest BCUT2D eigenvalue weighted by atomic mass is 32.2. The average Bonchev–Trinajstić information content (AvgIpc) is 3.01. The topological polar surface area (TPSA) is 71.5 Å². The Labute approximate surface area is 172 Å². The van der Waals surface area contributed by atoms with Gasteiger partial charge < -0.3 is 4.90 Å². The molecule has 0 N–H and O–H groups in total. The molecule has 2 aromatic rings. The lowest BCUT2D eigenvalue weighted by Gasteiger charge is -2.36. The molecule has 2 atom stereocenters. The van der Waals surface area contributed by atoms with Crippen molar-refractivity contribution in [1.29, 1.82) is 0 Å². The maximum Gasteiger partial charge on any atom is 0.196 e. The summed E-state index contributed by atoms with van der Waals surface area (Å²) in [7, 11) is -3.20. The van der Waals surface area contributed by atoms with E-state index in [-0.39, 0.29) is 28.3 Å². The first-order valence-electron chi connectivity index (χ1n) is 8.76. The van der Waals surface area contributed by atoms with Gasteiger partial charge >= 0.3 is 0 Å². The summed E-state index contributed by atoms with van der Waals surface area (Å²) < 4.78 is 25.1. The van der Waals surface area contributed by atoms with E-state index in [0.29, 0.717) is 32.3 Å². The third kappa shape index (κ3) is 2.31. The van der Waals surface area contributed by atoms with Gasteiger partial charge in [-0.2, -0.15) is 0 Å². The standard InChI is InChI=1S/C20H15NO4S3/c1-20-10-28(24,25)9-15(20)27-19(26)21(20)14-8-4-7-13-16(14)18(23)12-6-3-2-5-11(12)17(13)22/h2-8,15H,9-10H2,1H3/t15-,20-/m1/s1. The molecule has 5 rings (SSSR count). The Kier molecular flexibility index (Phi) is 3.70. The molecule has 5 nitrogen and oxygen atoms in total. The summed E-state index contributed by atoms with van der Waals surface area (Å²) in [6.45, 7) is 1.87. The van der Waals surface area contributed by atoms with Gasteiger partial charge in [-0.15, -0.1) is 0 Å². The Bertz CT molecular complexity index is 1200. The molecule has 2 aliphatic heterocycles. The summed E-state index contributed by atoms with van der Waals surface area (Å²) in [4.78, 5) is 28.1. The van der Waals surface area contributed by atoms with Crippen molar-refractivity contribution in [2.24, 2.45) is 0 Å². The molecule has 0 spiro atoms. The Balaban J connectivity index is 1.73. The average molecular weight is 430 g/mol. The number of nitrogens with zero attached hydrogens (tertiary/aromatic N) is 1. The molecule has 0 saturated carbocycles. The number of benzene rings is 2. The number of carbonyl (C=O) groups is 2. The molecule has 2 heterocycles. The molecule has 0 unspecified atom stereocenters. The number of hydrogen-bond donors (Lipinski definition) is 0. The molecule has 0 aromatic heterocycles. The molecule has 0 bridgehead atoms. The largest absolute Gasteiger partial charge is 0.318 e. The summed E-state index contributed by atoms with van der Waals surface area (Å²) in [5.74, 6) is -0.400. The van der Waals surface area contributed by atoms with E-state index in [9.17, 15) is 18.0 Å². The minimum atomic E-state index is -3.20. The quantitative estimate of drug-likeness (QED) is 0.551. The zero-order valence-corrected chi connectivity index (χ0v) is 17.3. The van der Waals surface area contributed by atoms with E-state index >= 15 is 0 Å². The summed E-state index contributed by atoms with van der Waals surface area (Å²) in [5, 5.41) is -0.192. The van der Waals surface area contributed by atoms with E-state index in [1.807, 2.05) is 6.92 Å². The predicted molar refractivity (Wildman–Crippen MR) is 113 cm³/mol. The summed E-state index contributed by atoms with van der Waals surface area (Å²) in [6, 6.07) is 11.9. The lowest BCUT2D eigenvalue weighted by molar-refractivity contribution is 0.0979. The van der Waals surface area contributed by atoms with Crippen LogP contribution in [0.1, 0.15) is 38.8 Å². The van der Waals surface area contributed by atoms with E-state index in [2.05, 4.69) is 0 Å². The fraction of sp³-hybridized carbons (Fsp3) is 0.250. The molecule has 2 fully saturated rings. The summed E-state index contributed by atoms with van der Waals surface area (Å²) in [6.07, 6.45) is 0. The summed E-state index contributed by atoms with van der Waals surface area (Å²) in [5.41, 5.74) is 1.18. The molecule has 142 valence electrons. The van der Waals surface area contributed by atoms with Crippen molar-refractivity contribution in [3.8, 4) is 0 Å². The van der Waals surface area contributed by atoms with Gasteiger partial charge in [0.15, 0.2) is 21.4 Å². The van der Waals surface area contributed by atoms with Crippen LogP contribution in [0.25, 0.3) is 0 Å². The van der Waals surface area contributed by atoms with Crippen molar-refractivity contribution in [2.45, 2.75) is 17.7 Å². The normalized spacial score (nSPS) is 27.5. The fourth-order valence-corrected chi connectivity index (χ4v) is 9.36. The van der Waals surface area contributed by atoms with Gasteiger partial charge in [-0.3, -0.25) is 9.59 Å². The Hall–Kier alpha value is -2.03. The first kappa shape index (κ1) is 18.0. The molecule has 2 aromatic carbocycles. The Morgan fingerprint density at radius 3 is 2.39 bits per heavy atom. The van der Waals surface area contributed by atoms with Crippen molar-refractivity contribution in [1.82, 2.24) is 0 Å². The number of ketones is 2. The SMILES string of the molecule is C[C@@]12CS(=O)(=O)C[C@H]1SC(=S)N2c1cccc2c1C(=O)c1ccccc1C2=O. The van der Waals surface area contributed by atoms with Crippen LogP contribution in [-0.4, -0.2) is 46.6 Å². The van der Waals surface area contributed by atoms with Gasteiger partial charge in [0.25, 0.3) is 0 Å².